The van der Waals surface area contributed by atoms with Crippen LogP contribution >= 0.6 is 0 Å². The van der Waals surface area contributed by atoms with E-state index in [2.05, 4.69) is 27.2 Å². The normalized spacial score (nSPS) is 20.5. The number of anilines is 1. The number of hydrogen-bond donors (Lipinski definition) is 1. The van der Waals surface area contributed by atoms with Gasteiger partial charge in [-0.3, -0.25) is 4.98 Å². The molecule has 0 saturated carbocycles. The highest BCUT2D eigenvalue weighted by Gasteiger charge is 2.17. The number of hydrogen-bond acceptors (Lipinski definition) is 4. The molecule has 4 nitrogen and oxygen atoms in total. The Balaban J connectivity index is 2.00. The van der Waals surface area contributed by atoms with Gasteiger partial charge in [0.2, 0.25) is 0 Å². The molecule has 1 fully saturated rings. The van der Waals surface area contributed by atoms with Crippen LogP contribution in [0.15, 0.2) is 12.4 Å². The van der Waals surface area contributed by atoms with E-state index in [4.69, 9.17) is 0 Å². The summed E-state index contributed by atoms with van der Waals surface area (Å²) in [4.78, 5) is 10.8. The lowest BCUT2D eigenvalue weighted by Crippen LogP contribution is -2.36. The Morgan fingerprint density at radius 3 is 2.93 bits per heavy atom. The molecule has 1 atom stereocenters. The molecular weight excluding hydrogens is 188 g/mol. The SMILES string of the molecule is Cc1nccnc1N(C)C[C@@H]1CCCN1. The fraction of sp³-hybridized carbons (Fsp3) is 0.636. The molecule has 2 rings (SSSR count). The molecule has 4 heteroatoms. The number of likely N-dealkylation sites (N-methyl/N-ethyl adjacent to an activating group) is 1. The minimum atomic E-state index is 0.608. The zero-order valence-corrected chi connectivity index (χ0v) is 9.40. The number of nitrogens with zero attached hydrogens (tertiary/aromatic N) is 3. The van der Waals surface area contributed by atoms with E-state index < -0.39 is 0 Å². The van der Waals surface area contributed by atoms with Crippen LogP contribution in [0.3, 0.4) is 0 Å². The van der Waals surface area contributed by atoms with Crippen LogP contribution in [0, 0.1) is 6.92 Å². The molecule has 1 aliphatic heterocycles. The minimum absolute atomic E-state index is 0.608. The van der Waals surface area contributed by atoms with Crippen LogP contribution in [-0.2, 0) is 0 Å². The molecule has 0 bridgehead atoms. The molecular formula is C11H18N4. The summed E-state index contributed by atoms with van der Waals surface area (Å²) in [6.07, 6.45) is 6.04. The molecule has 2 heterocycles. The van der Waals surface area contributed by atoms with Crippen molar-refractivity contribution in [3.8, 4) is 0 Å². The predicted octanol–water partition coefficient (Wildman–Crippen LogP) is 0.973. The molecule has 0 amide bonds. The molecule has 0 radical (unpaired) electrons. The van der Waals surface area contributed by atoms with Gasteiger partial charge in [0.15, 0.2) is 0 Å². The summed E-state index contributed by atoms with van der Waals surface area (Å²) in [5.41, 5.74) is 0.998. The first-order valence-corrected chi connectivity index (χ1v) is 5.49. The summed E-state index contributed by atoms with van der Waals surface area (Å²) in [5.74, 6) is 0.992. The topological polar surface area (TPSA) is 41.1 Å². The maximum Gasteiger partial charge on any atom is 0.149 e. The van der Waals surface area contributed by atoms with Gasteiger partial charge in [0, 0.05) is 32.0 Å². The number of aryl methyl sites for hydroxylation is 1. The molecule has 1 N–H and O–H groups in total. The smallest absolute Gasteiger partial charge is 0.149 e. The molecule has 0 aliphatic carbocycles. The zero-order chi connectivity index (χ0) is 10.7. The predicted molar refractivity (Wildman–Crippen MR) is 61.1 cm³/mol. The number of rotatable bonds is 3. The Morgan fingerprint density at radius 2 is 2.27 bits per heavy atom. The Bertz CT molecular complexity index is 320. The first-order chi connectivity index (χ1) is 7.27. The lowest BCUT2D eigenvalue weighted by Gasteiger charge is -2.23. The van der Waals surface area contributed by atoms with Crippen LogP contribution in [0.1, 0.15) is 18.5 Å². The van der Waals surface area contributed by atoms with Crippen molar-refractivity contribution in [1.29, 1.82) is 0 Å². The minimum Gasteiger partial charge on any atom is -0.357 e. The van der Waals surface area contributed by atoms with Crippen molar-refractivity contribution in [1.82, 2.24) is 15.3 Å². The van der Waals surface area contributed by atoms with Gasteiger partial charge in [-0.2, -0.15) is 0 Å². The fourth-order valence-electron chi connectivity index (χ4n) is 2.10. The van der Waals surface area contributed by atoms with Crippen molar-refractivity contribution in [2.75, 3.05) is 25.0 Å². The van der Waals surface area contributed by atoms with Crippen molar-refractivity contribution in [2.45, 2.75) is 25.8 Å². The Kier molecular flexibility index (Phi) is 3.16. The van der Waals surface area contributed by atoms with Crippen LogP contribution in [0.25, 0.3) is 0 Å². The van der Waals surface area contributed by atoms with Gasteiger partial charge < -0.3 is 10.2 Å². The van der Waals surface area contributed by atoms with E-state index in [0.717, 1.165) is 24.6 Å². The molecule has 1 aromatic heterocycles. The highest BCUT2D eigenvalue weighted by atomic mass is 15.2. The summed E-state index contributed by atoms with van der Waals surface area (Å²) in [6, 6.07) is 0.608. The van der Waals surface area contributed by atoms with Gasteiger partial charge in [0.25, 0.3) is 0 Å². The van der Waals surface area contributed by atoms with Crippen molar-refractivity contribution in [2.24, 2.45) is 0 Å². The lowest BCUT2D eigenvalue weighted by atomic mass is 10.2. The van der Waals surface area contributed by atoms with E-state index in [1.54, 1.807) is 12.4 Å². The van der Waals surface area contributed by atoms with Crippen molar-refractivity contribution in [3.05, 3.63) is 18.1 Å². The third-order valence-electron chi connectivity index (χ3n) is 2.87. The summed E-state index contributed by atoms with van der Waals surface area (Å²) in [7, 11) is 2.08. The summed E-state index contributed by atoms with van der Waals surface area (Å²) < 4.78 is 0. The fourth-order valence-corrected chi connectivity index (χ4v) is 2.10. The second-order valence-corrected chi connectivity index (χ2v) is 4.14. The van der Waals surface area contributed by atoms with E-state index in [-0.39, 0.29) is 0 Å². The largest absolute Gasteiger partial charge is 0.357 e. The van der Waals surface area contributed by atoms with Crippen LogP contribution in [0.4, 0.5) is 5.82 Å². The second-order valence-electron chi connectivity index (χ2n) is 4.14. The molecule has 1 saturated heterocycles. The summed E-state index contributed by atoms with van der Waals surface area (Å²) in [5, 5.41) is 3.49. The number of nitrogens with one attached hydrogen (secondary N) is 1. The summed E-state index contributed by atoms with van der Waals surface area (Å²) in [6.45, 7) is 4.17. The maximum atomic E-state index is 4.36. The summed E-state index contributed by atoms with van der Waals surface area (Å²) >= 11 is 0. The highest BCUT2D eigenvalue weighted by Crippen LogP contribution is 2.14. The molecule has 0 spiro atoms. The van der Waals surface area contributed by atoms with Gasteiger partial charge in [-0.25, -0.2) is 4.98 Å². The van der Waals surface area contributed by atoms with Gasteiger partial charge in [-0.1, -0.05) is 0 Å². The molecule has 0 unspecified atom stereocenters. The molecule has 1 aliphatic rings. The monoisotopic (exact) mass is 206 g/mol. The van der Waals surface area contributed by atoms with Crippen molar-refractivity contribution in [3.63, 3.8) is 0 Å². The van der Waals surface area contributed by atoms with E-state index in [9.17, 15) is 0 Å². The Morgan fingerprint density at radius 1 is 1.47 bits per heavy atom. The lowest BCUT2D eigenvalue weighted by molar-refractivity contribution is 0.596. The van der Waals surface area contributed by atoms with E-state index in [0.29, 0.717) is 6.04 Å². The standard InChI is InChI=1S/C11H18N4/c1-9-11(14-7-6-12-9)15(2)8-10-4-3-5-13-10/h6-7,10,13H,3-5,8H2,1-2H3/t10-/m0/s1. The van der Waals surface area contributed by atoms with Crippen molar-refractivity contribution >= 4 is 5.82 Å². The van der Waals surface area contributed by atoms with Gasteiger partial charge in [0.05, 0.1) is 5.69 Å². The van der Waals surface area contributed by atoms with E-state index in [1.807, 2.05) is 6.92 Å². The average molecular weight is 206 g/mol. The van der Waals surface area contributed by atoms with Gasteiger partial charge in [-0.05, 0) is 26.3 Å². The van der Waals surface area contributed by atoms with Crippen LogP contribution in [0.5, 0.6) is 0 Å². The number of aromatic nitrogens is 2. The molecule has 0 aromatic carbocycles. The molecule has 82 valence electrons. The quantitative estimate of drug-likeness (QED) is 0.800. The first-order valence-electron chi connectivity index (χ1n) is 5.49. The van der Waals surface area contributed by atoms with Gasteiger partial charge in [0.1, 0.15) is 5.82 Å². The highest BCUT2D eigenvalue weighted by molar-refractivity contribution is 5.41. The second kappa shape index (κ2) is 4.57. The first kappa shape index (κ1) is 10.4. The van der Waals surface area contributed by atoms with Crippen molar-refractivity contribution < 1.29 is 0 Å². The molecule has 1 aromatic rings. The van der Waals surface area contributed by atoms with Gasteiger partial charge >= 0.3 is 0 Å². The molecule has 15 heavy (non-hydrogen) atoms. The third kappa shape index (κ3) is 2.45. The van der Waals surface area contributed by atoms with Crippen LogP contribution in [-0.4, -0.2) is 36.1 Å². The third-order valence-corrected chi connectivity index (χ3v) is 2.87. The average Bonchev–Trinajstić information content (AvgIpc) is 2.71. The van der Waals surface area contributed by atoms with E-state index >= 15 is 0 Å². The van der Waals surface area contributed by atoms with Crippen LogP contribution in [0.2, 0.25) is 0 Å². The Labute approximate surface area is 90.7 Å². The zero-order valence-electron chi connectivity index (χ0n) is 9.40. The van der Waals surface area contributed by atoms with Gasteiger partial charge in [-0.15, -0.1) is 0 Å². The van der Waals surface area contributed by atoms with Crippen LogP contribution < -0.4 is 10.2 Å². The van der Waals surface area contributed by atoms with E-state index in [1.165, 1.54) is 12.8 Å². The Hall–Kier alpha value is -1.16. The maximum absolute atomic E-state index is 4.36.